The third-order valence-corrected chi connectivity index (χ3v) is 8.03. The molecule has 244 valence electrons. The molecule has 2 fully saturated rings. The average Bonchev–Trinajstić information content (AvgIpc) is 3.60. The summed E-state index contributed by atoms with van der Waals surface area (Å²) in [6.45, 7) is 17.0. The van der Waals surface area contributed by atoms with E-state index in [0.29, 0.717) is 0 Å². The Kier molecular flexibility index (Phi) is 16.8. The first-order valence-electron chi connectivity index (χ1n) is 16.2. The third kappa shape index (κ3) is 11.4. The molecule has 4 rings (SSSR count). The largest absolute Gasteiger partial charge is 0.496 e. The van der Waals surface area contributed by atoms with Crippen LogP contribution in [0, 0.1) is 6.92 Å². The van der Waals surface area contributed by atoms with Gasteiger partial charge in [-0.05, 0) is 70.6 Å². The van der Waals surface area contributed by atoms with Gasteiger partial charge in [0.1, 0.15) is 11.9 Å². The van der Waals surface area contributed by atoms with Crippen molar-refractivity contribution in [1.29, 1.82) is 0 Å². The summed E-state index contributed by atoms with van der Waals surface area (Å²) in [5.74, 6) is 0.920. The minimum Gasteiger partial charge on any atom is -0.496 e. The highest BCUT2D eigenvalue weighted by molar-refractivity contribution is 5.68. The van der Waals surface area contributed by atoms with Crippen LogP contribution in [-0.2, 0) is 15.9 Å². The summed E-state index contributed by atoms with van der Waals surface area (Å²) in [6, 6.07) is 4.55. The summed E-state index contributed by atoms with van der Waals surface area (Å²) in [4.78, 5) is 14.5. The van der Waals surface area contributed by atoms with E-state index in [-0.39, 0.29) is 37.4 Å². The Labute approximate surface area is 263 Å². The Bertz CT molecular complexity index is 1090. The predicted octanol–water partition coefficient (Wildman–Crippen LogP) is 9.85. The van der Waals surface area contributed by atoms with E-state index in [1.807, 2.05) is 13.8 Å². The fourth-order valence-electron chi connectivity index (χ4n) is 5.62. The lowest BCUT2D eigenvalue weighted by Crippen LogP contribution is -2.45. The predicted molar refractivity (Wildman–Crippen MR) is 183 cm³/mol. The summed E-state index contributed by atoms with van der Waals surface area (Å²) in [5, 5.41) is 2.98. The summed E-state index contributed by atoms with van der Waals surface area (Å²) in [5.41, 5.74) is 5.96. The fourth-order valence-corrected chi connectivity index (χ4v) is 5.62. The number of benzene rings is 1. The van der Waals surface area contributed by atoms with E-state index in [4.69, 9.17) is 14.2 Å². The van der Waals surface area contributed by atoms with Crippen molar-refractivity contribution in [2.24, 2.45) is 0 Å². The molecule has 1 amide bonds. The van der Waals surface area contributed by atoms with Gasteiger partial charge < -0.3 is 24.4 Å². The van der Waals surface area contributed by atoms with Crippen molar-refractivity contribution in [2.75, 3.05) is 19.1 Å². The Morgan fingerprint density at radius 2 is 1.86 bits per heavy atom. The lowest BCUT2D eigenvalue weighted by Gasteiger charge is -2.29. The number of carbonyl (C=O) groups excluding carboxylic acids is 1. The highest BCUT2D eigenvalue weighted by Crippen LogP contribution is 2.45. The van der Waals surface area contributed by atoms with E-state index < -0.39 is 0 Å². The lowest BCUT2D eigenvalue weighted by atomic mass is 9.93. The number of unbranched alkanes of at least 4 members (excludes halogenated alkanes) is 1. The number of nitrogens with one attached hydrogen (secondary N) is 1. The standard InChI is InChI=1S/C31H44N2O4.C3H8.C2H6.CH4/c1-7-8-13-25-14-15-31(4)29(37-31)20-26-19-24(32-30(34)36-26)12-10-9-11-21(2)16-23-17-27(33(25)5)22(3)28(18-23)35-6;1-3-2;1-2;/h9-11,13,17-18,24,26,29H,7-8,12,14-16,19-20H2,1-6H3,(H,32,34);3H2,1-2H3;1-2H3;1H4/b10-9+,21-11+,25-13+;;;. The minimum absolute atomic E-state index is 0. The van der Waals surface area contributed by atoms with Crippen LogP contribution in [0.15, 0.2) is 47.7 Å². The number of nitrogens with zero attached hydrogens (tertiary/aromatic N) is 1. The number of hydrogen-bond donors (Lipinski definition) is 1. The quantitative estimate of drug-likeness (QED) is 0.351. The van der Waals surface area contributed by atoms with Gasteiger partial charge in [0.2, 0.25) is 0 Å². The van der Waals surface area contributed by atoms with Crippen LogP contribution in [0.2, 0.25) is 0 Å². The van der Waals surface area contributed by atoms with E-state index in [2.05, 4.69) is 95.2 Å². The number of amides is 1. The molecule has 3 heterocycles. The van der Waals surface area contributed by atoms with Gasteiger partial charge >= 0.3 is 6.09 Å². The molecule has 0 saturated carbocycles. The van der Waals surface area contributed by atoms with Gasteiger partial charge in [0.05, 0.1) is 18.8 Å². The maximum absolute atomic E-state index is 12.2. The molecule has 6 heteroatoms. The number of anilines is 1. The van der Waals surface area contributed by atoms with Gasteiger partial charge in [-0.25, -0.2) is 4.79 Å². The highest BCUT2D eigenvalue weighted by atomic mass is 16.6. The van der Waals surface area contributed by atoms with Gasteiger partial charge in [-0.15, -0.1) is 0 Å². The zero-order chi connectivity index (χ0) is 31.3. The van der Waals surface area contributed by atoms with Crippen molar-refractivity contribution < 1.29 is 19.0 Å². The summed E-state index contributed by atoms with van der Waals surface area (Å²) >= 11 is 0. The van der Waals surface area contributed by atoms with Crippen LogP contribution in [0.1, 0.15) is 118 Å². The topological polar surface area (TPSA) is 63.3 Å². The molecule has 1 N–H and O–H groups in total. The Hall–Kier alpha value is -2.73. The lowest BCUT2D eigenvalue weighted by molar-refractivity contribution is 0.0505. The van der Waals surface area contributed by atoms with Gasteiger partial charge in [-0.3, -0.25) is 0 Å². The number of epoxide rings is 1. The number of fused-ring (bicyclic) bond motifs is 5. The summed E-state index contributed by atoms with van der Waals surface area (Å²) in [6.07, 6.45) is 16.9. The molecule has 0 aromatic heterocycles. The Morgan fingerprint density at radius 1 is 1.16 bits per heavy atom. The number of rotatable bonds is 3. The van der Waals surface area contributed by atoms with Crippen LogP contribution in [0.5, 0.6) is 5.75 Å². The maximum atomic E-state index is 12.2. The van der Waals surface area contributed by atoms with E-state index in [1.165, 1.54) is 28.9 Å². The van der Waals surface area contributed by atoms with Crippen molar-refractivity contribution in [3.8, 4) is 5.75 Å². The molecule has 4 atom stereocenters. The van der Waals surface area contributed by atoms with Crippen molar-refractivity contribution in [1.82, 2.24) is 5.32 Å². The molecule has 3 aliphatic heterocycles. The molecule has 4 unspecified atom stereocenters. The van der Waals surface area contributed by atoms with Gasteiger partial charge in [0.25, 0.3) is 0 Å². The van der Waals surface area contributed by atoms with E-state index in [1.54, 1.807) is 7.11 Å². The van der Waals surface area contributed by atoms with E-state index in [0.717, 1.165) is 62.7 Å². The first kappa shape index (κ1) is 38.3. The molecule has 43 heavy (non-hydrogen) atoms. The summed E-state index contributed by atoms with van der Waals surface area (Å²) in [7, 11) is 3.92. The van der Waals surface area contributed by atoms with Crippen LogP contribution in [0.25, 0.3) is 0 Å². The molecule has 1 aromatic rings. The van der Waals surface area contributed by atoms with Crippen molar-refractivity contribution >= 4 is 11.8 Å². The van der Waals surface area contributed by atoms with E-state index >= 15 is 0 Å². The first-order valence-corrected chi connectivity index (χ1v) is 16.2. The van der Waals surface area contributed by atoms with Crippen molar-refractivity contribution in [3.05, 3.63) is 58.8 Å². The minimum atomic E-state index is -0.315. The first-order chi connectivity index (χ1) is 20.1. The SMILES string of the molecule is C.CC.CCC.CCC/C=C1\CCC2(C)OC2CC2CC(C/C=C/C=C(\C)Cc3cc(OC)c(C)c(c3)N1C)NC(=O)O2. The molecule has 2 saturated heterocycles. The Balaban J connectivity index is 0.00000145. The van der Waals surface area contributed by atoms with Crippen LogP contribution in [0.4, 0.5) is 10.5 Å². The number of methoxy groups -OCH3 is 1. The Morgan fingerprint density at radius 3 is 2.51 bits per heavy atom. The highest BCUT2D eigenvalue weighted by Gasteiger charge is 2.53. The van der Waals surface area contributed by atoms with Crippen LogP contribution >= 0.6 is 0 Å². The van der Waals surface area contributed by atoms with Gasteiger partial charge in [0, 0.05) is 42.9 Å². The normalized spacial score (nSPS) is 28.1. The molecule has 0 aliphatic carbocycles. The fraction of sp³-hybridized carbons (Fsp3) is 0.649. The van der Waals surface area contributed by atoms with Gasteiger partial charge in [0.15, 0.2) is 0 Å². The van der Waals surface area contributed by atoms with Gasteiger partial charge in [-0.1, -0.05) is 84.8 Å². The smallest absolute Gasteiger partial charge is 0.407 e. The van der Waals surface area contributed by atoms with Crippen molar-refractivity contribution in [3.63, 3.8) is 0 Å². The second-order valence-electron chi connectivity index (χ2n) is 11.8. The molecule has 0 radical (unpaired) electrons. The molecule has 0 spiro atoms. The number of ether oxygens (including phenoxy) is 3. The van der Waals surface area contributed by atoms with Gasteiger partial charge in [-0.2, -0.15) is 0 Å². The van der Waals surface area contributed by atoms with Crippen LogP contribution in [0.3, 0.4) is 0 Å². The van der Waals surface area contributed by atoms with E-state index in [9.17, 15) is 4.79 Å². The van der Waals surface area contributed by atoms with Crippen LogP contribution in [-0.4, -0.2) is 44.1 Å². The average molecular weight is 599 g/mol. The summed E-state index contributed by atoms with van der Waals surface area (Å²) < 4.78 is 17.6. The number of hydrogen-bond acceptors (Lipinski definition) is 5. The van der Waals surface area contributed by atoms with Crippen molar-refractivity contribution in [2.45, 2.75) is 144 Å². The number of carbonyl (C=O) groups is 1. The second-order valence-corrected chi connectivity index (χ2v) is 11.8. The monoisotopic (exact) mass is 598 g/mol. The third-order valence-electron chi connectivity index (χ3n) is 8.03. The number of allylic oxidation sites excluding steroid dienone is 5. The molecule has 3 aliphatic rings. The molecular formula is C37H62N2O4. The zero-order valence-corrected chi connectivity index (χ0v) is 28.1. The zero-order valence-electron chi connectivity index (χ0n) is 28.1. The molecule has 1 aromatic carbocycles. The molecular weight excluding hydrogens is 536 g/mol. The van der Waals surface area contributed by atoms with Crippen LogP contribution < -0.4 is 15.0 Å². The maximum Gasteiger partial charge on any atom is 0.407 e. The second kappa shape index (κ2) is 18.8. The molecule has 6 nitrogen and oxygen atoms in total. The molecule has 4 bridgehead atoms. The number of alkyl carbamates (subject to hydrolysis) is 1.